The second-order valence-electron chi connectivity index (χ2n) is 6.18. The zero-order chi connectivity index (χ0) is 19.2. The molecule has 3 aromatic rings. The van der Waals surface area contributed by atoms with Gasteiger partial charge in [0.1, 0.15) is 6.61 Å². The number of rotatable bonds is 7. The Morgan fingerprint density at radius 1 is 1.11 bits per heavy atom. The number of aryl methyl sites for hydroxylation is 2. The maximum atomic E-state index is 5.99. The van der Waals surface area contributed by atoms with Crippen LogP contribution in [0.5, 0.6) is 11.5 Å². The van der Waals surface area contributed by atoms with Crippen molar-refractivity contribution in [1.82, 2.24) is 9.66 Å². The van der Waals surface area contributed by atoms with Gasteiger partial charge in [0.25, 0.3) is 0 Å². The van der Waals surface area contributed by atoms with Crippen LogP contribution < -0.4 is 15.2 Å². The molecular formula is C21H24N4O2. The summed E-state index contributed by atoms with van der Waals surface area (Å²) in [5.74, 6) is 1.74. The Morgan fingerprint density at radius 2 is 1.93 bits per heavy atom. The number of nitrogen functional groups attached to an aromatic ring is 1. The molecule has 0 unspecified atom stereocenters. The standard InChI is InChI=1S/C21H24N4O2/c1-4-26-20-11-17(12-23-25-13-16(3)24-21(25)22)9-10-19(20)27-14-18-8-6-5-7-15(18)2/h5-13H,4,14H2,1-3H3,(H2,22,24). The van der Waals surface area contributed by atoms with Gasteiger partial charge < -0.3 is 15.2 Å². The third kappa shape index (κ3) is 4.67. The Balaban J connectivity index is 1.78. The van der Waals surface area contributed by atoms with Gasteiger partial charge in [-0.2, -0.15) is 5.10 Å². The van der Waals surface area contributed by atoms with Gasteiger partial charge in [-0.25, -0.2) is 9.66 Å². The zero-order valence-electron chi connectivity index (χ0n) is 15.8. The van der Waals surface area contributed by atoms with Gasteiger partial charge in [0.05, 0.1) is 24.7 Å². The van der Waals surface area contributed by atoms with Crippen LogP contribution in [0.1, 0.15) is 29.3 Å². The van der Waals surface area contributed by atoms with E-state index in [2.05, 4.69) is 29.1 Å². The molecule has 0 atom stereocenters. The smallest absolute Gasteiger partial charge is 0.221 e. The molecule has 6 heteroatoms. The van der Waals surface area contributed by atoms with Crippen LogP contribution in [-0.4, -0.2) is 22.5 Å². The van der Waals surface area contributed by atoms with Crippen LogP contribution in [0.2, 0.25) is 0 Å². The van der Waals surface area contributed by atoms with Gasteiger partial charge in [-0.1, -0.05) is 24.3 Å². The van der Waals surface area contributed by atoms with E-state index in [9.17, 15) is 0 Å². The first-order valence-corrected chi connectivity index (χ1v) is 8.86. The minimum atomic E-state index is 0.354. The molecule has 27 heavy (non-hydrogen) atoms. The quantitative estimate of drug-likeness (QED) is 0.644. The molecule has 1 aromatic heterocycles. The second kappa shape index (κ2) is 8.40. The normalized spacial score (nSPS) is 11.1. The Morgan fingerprint density at radius 3 is 2.63 bits per heavy atom. The van der Waals surface area contributed by atoms with Gasteiger partial charge in [0.2, 0.25) is 5.95 Å². The molecule has 0 aliphatic carbocycles. The lowest BCUT2D eigenvalue weighted by atomic mass is 10.1. The second-order valence-corrected chi connectivity index (χ2v) is 6.18. The van der Waals surface area contributed by atoms with Crippen molar-refractivity contribution in [3.05, 3.63) is 71.0 Å². The van der Waals surface area contributed by atoms with E-state index in [-0.39, 0.29) is 0 Å². The Hall–Kier alpha value is -3.28. The van der Waals surface area contributed by atoms with E-state index in [0.29, 0.717) is 30.7 Å². The largest absolute Gasteiger partial charge is 0.490 e. The lowest BCUT2D eigenvalue weighted by Gasteiger charge is -2.13. The van der Waals surface area contributed by atoms with E-state index in [1.807, 2.05) is 44.2 Å². The highest BCUT2D eigenvalue weighted by Gasteiger charge is 2.08. The highest BCUT2D eigenvalue weighted by molar-refractivity contribution is 5.81. The molecule has 0 saturated carbocycles. The third-order valence-electron chi connectivity index (χ3n) is 4.08. The number of ether oxygens (including phenoxy) is 2. The molecule has 0 spiro atoms. The molecule has 2 aromatic carbocycles. The van der Waals surface area contributed by atoms with Crippen molar-refractivity contribution in [1.29, 1.82) is 0 Å². The number of benzene rings is 2. The molecule has 0 fully saturated rings. The first-order valence-electron chi connectivity index (χ1n) is 8.86. The molecular weight excluding hydrogens is 340 g/mol. The molecule has 140 valence electrons. The summed E-state index contributed by atoms with van der Waals surface area (Å²) in [5.41, 5.74) is 9.86. The van der Waals surface area contributed by atoms with Crippen LogP contribution in [0.15, 0.2) is 53.8 Å². The minimum Gasteiger partial charge on any atom is -0.490 e. The molecule has 1 heterocycles. The van der Waals surface area contributed by atoms with Crippen molar-refractivity contribution in [2.24, 2.45) is 5.10 Å². The van der Waals surface area contributed by atoms with Crippen molar-refractivity contribution >= 4 is 12.2 Å². The molecule has 0 aliphatic rings. The highest BCUT2D eigenvalue weighted by Crippen LogP contribution is 2.29. The third-order valence-corrected chi connectivity index (χ3v) is 4.08. The number of hydrogen-bond donors (Lipinski definition) is 1. The van der Waals surface area contributed by atoms with E-state index in [0.717, 1.165) is 16.8 Å². The number of anilines is 1. The van der Waals surface area contributed by atoms with Gasteiger partial charge in [0, 0.05) is 0 Å². The molecule has 0 aliphatic heterocycles. The summed E-state index contributed by atoms with van der Waals surface area (Å²) < 4.78 is 13.3. The summed E-state index contributed by atoms with van der Waals surface area (Å²) in [5, 5.41) is 4.34. The molecule has 0 radical (unpaired) electrons. The average Bonchev–Trinajstić information content (AvgIpc) is 2.98. The minimum absolute atomic E-state index is 0.354. The number of nitrogens with zero attached hydrogens (tertiary/aromatic N) is 3. The van der Waals surface area contributed by atoms with E-state index < -0.39 is 0 Å². The summed E-state index contributed by atoms with van der Waals surface area (Å²) in [6.07, 6.45) is 3.49. The van der Waals surface area contributed by atoms with E-state index in [4.69, 9.17) is 15.2 Å². The van der Waals surface area contributed by atoms with Crippen LogP contribution in [0, 0.1) is 13.8 Å². The number of hydrogen-bond acceptors (Lipinski definition) is 5. The van der Waals surface area contributed by atoms with E-state index in [1.165, 1.54) is 10.2 Å². The summed E-state index contributed by atoms with van der Waals surface area (Å²) in [7, 11) is 0. The number of aromatic nitrogens is 2. The predicted molar refractivity (Wildman–Crippen MR) is 107 cm³/mol. The Labute approximate surface area is 159 Å². The number of imidazole rings is 1. The lowest BCUT2D eigenvalue weighted by Crippen LogP contribution is -2.02. The van der Waals surface area contributed by atoms with Crippen molar-refractivity contribution < 1.29 is 9.47 Å². The summed E-state index contributed by atoms with van der Waals surface area (Å²) in [6.45, 7) is 6.93. The van der Waals surface area contributed by atoms with E-state index in [1.54, 1.807) is 12.4 Å². The summed E-state index contributed by atoms with van der Waals surface area (Å²) >= 11 is 0. The van der Waals surface area contributed by atoms with Gasteiger partial charge in [-0.15, -0.1) is 0 Å². The fraction of sp³-hybridized carbons (Fsp3) is 0.238. The lowest BCUT2D eigenvalue weighted by molar-refractivity contribution is 0.269. The van der Waals surface area contributed by atoms with Crippen molar-refractivity contribution in [3.8, 4) is 11.5 Å². The van der Waals surface area contributed by atoms with Crippen LogP contribution in [0.25, 0.3) is 0 Å². The molecule has 0 bridgehead atoms. The maximum absolute atomic E-state index is 5.99. The fourth-order valence-corrected chi connectivity index (χ4v) is 2.65. The van der Waals surface area contributed by atoms with Gasteiger partial charge >= 0.3 is 0 Å². The Bertz CT molecular complexity index is 947. The van der Waals surface area contributed by atoms with Crippen LogP contribution >= 0.6 is 0 Å². The van der Waals surface area contributed by atoms with E-state index >= 15 is 0 Å². The molecule has 3 rings (SSSR count). The van der Waals surface area contributed by atoms with Gasteiger partial charge in [0.15, 0.2) is 11.5 Å². The van der Waals surface area contributed by atoms with Crippen LogP contribution in [-0.2, 0) is 6.61 Å². The first-order chi connectivity index (χ1) is 13.1. The van der Waals surface area contributed by atoms with Crippen LogP contribution in [0.4, 0.5) is 5.95 Å². The topological polar surface area (TPSA) is 74.7 Å². The molecule has 6 nitrogen and oxygen atoms in total. The van der Waals surface area contributed by atoms with Crippen molar-refractivity contribution in [2.45, 2.75) is 27.4 Å². The summed E-state index contributed by atoms with van der Waals surface area (Å²) in [4.78, 5) is 4.13. The molecule has 0 amide bonds. The SMILES string of the molecule is CCOc1cc(C=Nn2cc(C)nc2N)ccc1OCc1ccccc1C. The zero-order valence-corrected chi connectivity index (χ0v) is 15.8. The molecule has 2 N–H and O–H groups in total. The average molecular weight is 364 g/mol. The van der Waals surface area contributed by atoms with Gasteiger partial charge in [-0.3, -0.25) is 0 Å². The maximum Gasteiger partial charge on any atom is 0.221 e. The summed E-state index contributed by atoms with van der Waals surface area (Å²) in [6, 6.07) is 13.9. The Kier molecular flexibility index (Phi) is 5.76. The number of nitrogens with two attached hydrogens (primary N) is 1. The van der Waals surface area contributed by atoms with Gasteiger partial charge in [-0.05, 0) is 55.7 Å². The predicted octanol–water partition coefficient (Wildman–Crippen LogP) is 3.94. The highest BCUT2D eigenvalue weighted by atomic mass is 16.5. The van der Waals surface area contributed by atoms with Crippen molar-refractivity contribution in [2.75, 3.05) is 12.3 Å². The molecule has 0 saturated heterocycles. The van der Waals surface area contributed by atoms with Crippen molar-refractivity contribution in [3.63, 3.8) is 0 Å². The first kappa shape index (κ1) is 18.5. The monoisotopic (exact) mass is 364 g/mol. The fourth-order valence-electron chi connectivity index (χ4n) is 2.65. The van der Waals surface area contributed by atoms with Crippen LogP contribution in [0.3, 0.4) is 0 Å².